The van der Waals surface area contributed by atoms with Gasteiger partial charge in [0.05, 0.1) is 23.2 Å². The number of nitrogens with two attached hydrogens (primary N) is 1. The van der Waals surface area contributed by atoms with Gasteiger partial charge in [-0.3, -0.25) is 10.1 Å². The van der Waals surface area contributed by atoms with E-state index in [1.165, 1.54) is 6.07 Å². The Bertz CT molecular complexity index is 493. The smallest absolute Gasteiger partial charge is 0.312 e. The Kier molecular flexibility index (Phi) is 2.46. The quantitative estimate of drug-likeness (QED) is 0.565. The average molecular weight is 219 g/mol. The van der Waals surface area contributed by atoms with Crippen molar-refractivity contribution in [3.05, 3.63) is 33.4 Å². The Balaban J connectivity index is 2.66. The highest BCUT2D eigenvalue weighted by Gasteiger charge is 2.27. The number of hydrogen-bond acceptors (Lipinski definition) is 5. The first kappa shape index (κ1) is 10.4. The molecule has 1 aliphatic heterocycles. The fraction of sp³-hybridized carbons (Fsp3) is 0.300. The summed E-state index contributed by atoms with van der Waals surface area (Å²) in [5.74, 6) is 0.197. The van der Waals surface area contributed by atoms with E-state index in [0.717, 1.165) is 0 Å². The molecule has 1 aliphatic rings. The molecule has 1 aromatic carbocycles. The molecule has 2 rings (SSSR count). The second kappa shape index (κ2) is 3.79. The van der Waals surface area contributed by atoms with Crippen LogP contribution >= 0.6 is 0 Å². The number of ether oxygens (including phenoxy) is 1. The molecule has 6 heteroatoms. The van der Waals surface area contributed by atoms with E-state index in [1.54, 1.807) is 6.07 Å². The van der Waals surface area contributed by atoms with Crippen molar-refractivity contribution in [2.24, 2.45) is 5.73 Å². The van der Waals surface area contributed by atoms with E-state index < -0.39 is 4.92 Å². The molecule has 0 radical (unpaired) electrons. The first-order chi connectivity index (χ1) is 7.63. The lowest BCUT2D eigenvalue weighted by atomic mass is 9.98. The molecule has 0 unspecified atom stereocenters. The maximum Gasteiger partial charge on any atom is 0.312 e. The van der Waals surface area contributed by atoms with Crippen LogP contribution in [0, 0.1) is 21.4 Å². The summed E-state index contributed by atoms with van der Waals surface area (Å²) in [6.07, 6.45) is 0.596. The van der Waals surface area contributed by atoms with Crippen LogP contribution in [-0.2, 0) is 0 Å². The lowest BCUT2D eigenvalue weighted by molar-refractivity contribution is -0.386. The fourth-order valence-corrected chi connectivity index (χ4v) is 1.71. The average Bonchev–Trinajstić information content (AvgIpc) is 2.28. The molecule has 1 atom stereocenters. The van der Waals surface area contributed by atoms with Crippen LogP contribution in [0.2, 0.25) is 0 Å². The molecule has 1 heterocycles. The van der Waals surface area contributed by atoms with E-state index in [9.17, 15) is 10.1 Å². The van der Waals surface area contributed by atoms with Crippen molar-refractivity contribution in [2.45, 2.75) is 12.5 Å². The third kappa shape index (κ3) is 1.57. The monoisotopic (exact) mass is 219 g/mol. The number of nitrogens with zero attached hydrogens (tertiary/aromatic N) is 2. The van der Waals surface area contributed by atoms with Gasteiger partial charge in [-0.15, -0.1) is 0 Å². The molecule has 82 valence electrons. The van der Waals surface area contributed by atoms with E-state index in [4.69, 9.17) is 15.7 Å². The lowest BCUT2D eigenvalue weighted by Gasteiger charge is -2.22. The Morgan fingerprint density at radius 1 is 1.62 bits per heavy atom. The molecule has 6 nitrogen and oxygen atoms in total. The largest absolute Gasteiger partial charge is 0.487 e. The minimum absolute atomic E-state index is 0.191. The van der Waals surface area contributed by atoms with Gasteiger partial charge in [-0.1, -0.05) is 0 Å². The molecule has 0 aliphatic carbocycles. The summed E-state index contributed by atoms with van der Waals surface area (Å²) in [5, 5.41) is 19.6. The number of nitriles is 1. The van der Waals surface area contributed by atoms with E-state index in [2.05, 4.69) is 0 Å². The fourth-order valence-electron chi connectivity index (χ4n) is 1.71. The van der Waals surface area contributed by atoms with Crippen LogP contribution in [0.4, 0.5) is 5.69 Å². The van der Waals surface area contributed by atoms with Crippen molar-refractivity contribution in [3.63, 3.8) is 0 Å². The van der Waals surface area contributed by atoms with Crippen molar-refractivity contribution >= 4 is 5.69 Å². The zero-order valence-electron chi connectivity index (χ0n) is 8.34. The van der Waals surface area contributed by atoms with Crippen molar-refractivity contribution in [2.75, 3.05) is 6.61 Å². The molecule has 0 saturated carbocycles. The van der Waals surface area contributed by atoms with Crippen LogP contribution in [0.1, 0.15) is 23.6 Å². The summed E-state index contributed by atoms with van der Waals surface area (Å²) in [7, 11) is 0. The summed E-state index contributed by atoms with van der Waals surface area (Å²) in [6.45, 7) is 0.362. The predicted octanol–water partition coefficient (Wildman–Crippen LogP) is 1.25. The van der Waals surface area contributed by atoms with Crippen LogP contribution < -0.4 is 10.5 Å². The predicted molar refractivity (Wildman–Crippen MR) is 54.9 cm³/mol. The molecule has 1 aromatic rings. The van der Waals surface area contributed by atoms with Gasteiger partial charge in [0.1, 0.15) is 0 Å². The van der Waals surface area contributed by atoms with Gasteiger partial charge in [-0.05, 0) is 6.07 Å². The van der Waals surface area contributed by atoms with E-state index >= 15 is 0 Å². The number of nitro groups is 1. The summed E-state index contributed by atoms with van der Waals surface area (Å²) < 4.78 is 5.25. The standard InChI is InChI=1S/C10H9N3O3/c11-5-6-3-7-8(12)1-2-16-10(7)9(4-6)13(14)15/h3-4,8H,1-2,12H2/t8-/m1/s1. The topological polar surface area (TPSA) is 102 Å². The van der Waals surface area contributed by atoms with Gasteiger partial charge in [0, 0.05) is 24.1 Å². The molecule has 2 N–H and O–H groups in total. The second-order valence-corrected chi connectivity index (χ2v) is 3.53. The summed E-state index contributed by atoms with van der Waals surface area (Å²) in [5.41, 5.74) is 6.40. The van der Waals surface area contributed by atoms with Gasteiger partial charge in [0.15, 0.2) is 0 Å². The zero-order valence-corrected chi connectivity index (χ0v) is 8.34. The molecule has 0 bridgehead atoms. The summed E-state index contributed by atoms with van der Waals surface area (Å²) in [6, 6.07) is 4.32. The van der Waals surface area contributed by atoms with Gasteiger partial charge in [-0.25, -0.2) is 0 Å². The number of fused-ring (bicyclic) bond motifs is 1. The SMILES string of the molecule is N#Cc1cc2c(c([N+](=O)[O-])c1)OCC[C@H]2N. The first-order valence-corrected chi connectivity index (χ1v) is 4.74. The maximum absolute atomic E-state index is 10.8. The number of rotatable bonds is 1. The van der Waals surface area contributed by atoms with E-state index in [1.807, 2.05) is 6.07 Å². The second-order valence-electron chi connectivity index (χ2n) is 3.53. The van der Waals surface area contributed by atoms with Gasteiger partial charge < -0.3 is 10.5 Å². The highest BCUT2D eigenvalue weighted by molar-refractivity contribution is 5.58. The molecule has 0 aromatic heterocycles. The molecule has 0 saturated heterocycles. The van der Waals surface area contributed by atoms with Crippen molar-refractivity contribution in [1.29, 1.82) is 5.26 Å². The Morgan fingerprint density at radius 2 is 2.38 bits per heavy atom. The van der Waals surface area contributed by atoms with Gasteiger partial charge >= 0.3 is 5.69 Å². The lowest BCUT2D eigenvalue weighted by Crippen LogP contribution is -2.21. The van der Waals surface area contributed by atoms with Crippen LogP contribution in [-0.4, -0.2) is 11.5 Å². The third-order valence-corrected chi connectivity index (χ3v) is 2.50. The third-order valence-electron chi connectivity index (χ3n) is 2.50. The highest BCUT2D eigenvalue weighted by atomic mass is 16.6. The Morgan fingerprint density at radius 3 is 3.00 bits per heavy atom. The Labute approximate surface area is 91.4 Å². The van der Waals surface area contributed by atoms with Gasteiger partial charge in [-0.2, -0.15) is 5.26 Å². The molecular weight excluding hydrogens is 210 g/mol. The van der Waals surface area contributed by atoms with E-state index in [-0.39, 0.29) is 23.0 Å². The molecule has 0 spiro atoms. The normalized spacial score (nSPS) is 18.1. The maximum atomic E-state index is 10.8. The van der Waals surface area contributed by atoms with Crippen molar-refractivity contribution in [3.8, 4) is 11.8 Å². The first-order valence-electron chi connectivity index (χ1n) is 4.74. The van der Waals surface area contributed by atoms with E-state index in [0.29, 0.717) is 18.6 Å². The molecule has 0 amide bonds. The minimum Gasteiger partial charge on any atom is -0.487 e. The molecule has 16 heavy (non-hydrogen) atoms. The molecular formula is C10H9N3O3. The van der Waals surface area contributed by atoms with Crippen molar-refractivity contribution in [1.82, 2.24) is 0 Å². The number of nitro benzene ring substituents is 1. The zero-order chi connectivity index (χ0) is 11.7. The number of benzene rings is 1. The van der Waals surface area contributed by atoms with Gasteiger partial charge in [0.2, 0.25) is 5.75 Å². The minimum atomic E-state index is -0.558. The number of hydrogen-bond donors (Lipinski definition) is 1. The van der Waals surface area contributed by atoms with Crippen LogP contribution in [0.5, 0.6) is 5.75 Å². The molecule has 0 fully saturated rings. The van der Waals surface area contributed by atoms with Crippen LogP contribution in [0.25, 0.3) is 0 Å². The summed E-state index contributed by atoms with van der Waals surface area (Å²) >= 11 is 0. The van der Waals surface area contributed by atoms with Crippen LogP contribution in [0.15, 0.2) is 12.1 Å². The highest BCUT2D eigenvalue weighted by Crippen LogP contribution is 2.39. The summed E-state index contributed by atoms with van der Waals surface area (Å²) in [4.78, 5) is 10.3. The van der Waals surface area contributed by atoms with Crippen LogP contribution in [0.3, 0.4) is 0 Å². The van der Waals surface area contributed by atoms with Gasteiger partial charge in [0.25, 0.3) is 0 Å². The Hall–Kier alpha value is -2.13. The van der Waals surface area contributed by atoms with Crippen molar-refractivity contribution < 1.29 is 9.66 Å².